The third-order valence-corrected chi connectivity index (χ3v) is 4.86. The predicted octanol–water partition coefficient (Wildman–Crippen LogP) is 3.37. The lowest BCUT2D eigenvalue weighted by Gasteiger charge is -2.11. The number of unbranched alkanes of at least 4 members (excludes halogenated alkanes) is 2. The zero-order valence-electron chi connectivity index (χ0n) is 17.7. The van der Waals surface area contributed by atoms with Gasteiger partial charge in [-0.2, -0.15) is 5.10 Å². The minimum atomic E-state index is -0.586. The van der Waals surface area contributed by atoms with Crippen LogP contribution in [0, 0.1) is 6.92 Å². The minimum Gasteiger partial charge on any atom is -0.268 e. The van der Waals surface area contributed by atoms with Crippen LogP contribution in [-0.4, -0.2) is 21.6 Å². The molecule has 2 N–H and O–H groups in total. The maximum Gasteiger partial charge on any atom is 0.290 e. The van der Waals surface area contributed by atoms with Gasteiger partial charge in [0, 0.05) is 18.0 Å². The number of hydrogen-bond acceptors (Lipinski definition) is 4. The summed E-state index contributed by atoms with van der Waals surface area (Å²) in [5, 5.41) is 5.14. The molecule has 0 bridgehead atoms. The van der Waals surface area contributed by atoms with Crippen LogP contribution in [0.15, 0.2) is 59.4 Å². The number of rotatable bonds is 7. The molecule has 0 aliphatic carbocycles. The quantitative estimate of drug-likeness (QED) is 0.350. The topological polar surface area (TPSA) is 93.1 Å². The molecule has 2 amide bonds. The van der Waals surface area contributed by atoms with Crippen molar-refractivity contribution < 1.29 is 9.59 Å². The van der Waals surface area contributed by atoms with E-state index in [1.54, 1.807) is 30.3 Å². The van der Waals surface area contributed by atoms with Gasteiger partial charge in [0.2, 0.25) is 0 Å². The predicted molar refractivity (Wildman–Crippen MR) is 121 cm³/mol. The molecule has 0 atom stereocenters. The molecule has 0 unspecified atom stereocenters. The molecule has 0 aliphatic heterocycles. The van der Waals surface area contributed by atoms with Gasteiger partial charge < -0.3 is 0 Å². The Morgan fingerprint density at radius 3 is 2.42 bits per heavy atom. The molecule has 0 radical (unpaired) electrons. The van der Waals surface area contributed by atoms with Gasteiger partial charge in [-0.3, -0.25) is 25.2 Å². The molecule has 1 aromatic heterocycles. The molecule has 0 saturated heterocycles. The van der Waals surface area contributed by atoms with E-state index in [4.69, 9.17) is 0 Å². The molecule has 3 rings (SSSR count). The van der Waals surface area contributed by atoms with Crippen molar-refractivity contribution in [2.45, 2.75) is 39.7 Å². The van der Waals surface area contributed by atoms with Crippen molar-refractivity contribution in [1.82, 2.24) is 20.6 Å². The van der Waals surface area contributed by atoms with E-state index in [0.29, 0.717) is 17.3 Å². The molecule has 7 nitrogen and oxygen atoms in total. The molecular formula is C24H26N4O3. The third-order valence-electron chi connectivity index (χ3n) is 4.86. The molecule has 2 aromatic carbocycles. The Bertz CT molecular complexity index is 1160. The Labute approximate surface area is 180 Å². The fourth-order valence-corrected chi connectivity index (χ4v) is 3.13. The van der Waals surface area contributed by atoms with Crippen molar-refractivity contribution in [3.05, 3.63) is 81.8 Å². The summed E-state index contributed by atoms with van der Waals surface area (Å²) in [6, 6.07) is 14.5. The average molecular weight is 418 g/mol. The monoisotopic (exact) mass is 418 g/mol. The van der Waals surface area contributed by atoms with Crippen LogP contribution in [0.4, 0.5) is 0 Å². The number of aryl methyl sites for hydroxylation is 2. The van der Waals surface area contributed by atoms with E-state index in [0.717, 1.165) is 30.4 Å². The highest BCUT2D eigenvalue weighted by Crippen LogP contribution is 2.13. The molecule has 0 aliphatic rings. The van der Waals surface area contributed by atoms with E-state index >= 15 is 0 Å². The van der Waals surface area contributed by atoms with E-state index in [1.807, 2.05) is 31.2 Å². The smallest absolute Gasteiger partial charge is 0.268 e. The summed E-state index contributed by atoms with van der Waals surface area (Å²) >= 11 is 0. The summed E-state index contributed by atoms with van der Waals surface area (Å²) < 4.78 is 1.33. The summed E-state index contributed by atoms with van der Waals surface area (Å²) in [7, 11) is 0. The van der Waals surface area contributed by atoms with E-state index in [1.165, 1.54) is 10.8 Å². The first-order valence-electron chi connectivity index (χ1n) is 10.3. The van der Waals surface area contributed by atoms with Crippen molar-refractivity contribution >= 4 is 28.7 Å². The van der Waals surface area contributed by atoms with Gasteiger partial charge in [-0.15, -0.1) is 0 Å². The van der Waals surface area contributed by atoms with Gasteiger partial charge in [-0.25, -0.2) is 4.68 Å². The van der Waals surface area contributed by atoms with Crippen molar-refractivity contribution in [1.29, 1.82) is 0 Å². The number of amides is 2. The molecule has 3 aromatic rings. The van der Waals surface area contributed by atoms with Crippen molar-refractivity contribution in [2.75, 3.05) is 0 Å². The van der Waals surface area contributed by atoms with Crippen molar-refractivity contribution in [2.24, 2.45) is 0 Å². The highest BCUT2D eigenvalue weighted by Gasteiger charge is 2.16. The zero-order valence-corrected chi connectivity index (χ0v) is 17.7. The lowest BCUT2D eigenvalue weighted by molar-refractivity contribution is -0.117. The number of benzene rings is 2. The number of hydrogen-bond donors (Lipinski definition) is 2. The SMILES string of the molecule is CCCCCn1nc(C(=O)NNC(=O)/C=C/c2ccc(C)cc2)c2ccccc2c1=O. The normalized spacial score (nSPS) is 11.0. The summed E-state index contributed by atoms with van der Waals surface area (Å²) in [4.78, 5) is 37.5. The Morgan fingerprint density at radius 1 is 1.00 bits per heavy atom. The fraction of sp³-hybridized carbons (Fsp3) is 0.250. The van der Waals surface area contributed by atoms with E-state index in [2.05, 4.69) is 22.9 Å². The highest BCUT2D eigenvalue weighted by molar-refractivity contribution is 6.05. The lowest BCUT2D eigenvalue weighted by atomic mass is 10.1. The van der Waals surface area contributed by atoms with Gasteiger partial charge in [-0.1, -0.05) is 67.8 Å². The van der Waals surface area contributed by atoms with E-state index < -0.39 is 11.8 Å². The summed E-state index contributed by atoms with van der Waals surface area (Å²) in [6.45, 7) is 4.50. The second kappa shape index (κ2) is 10.3. The summed E-state index contributed by atoms with van der Waals surface area (Å²) in [5.41, 5.74) is 6.61. The number of carbonyl (C=O) groups is 2. The first kappa shape index (κ1) is 22.0. The summed E-state index contributed by atoms with van der Waals surface area (Å²) in [5.74, 6) is -1.06. The van der Waals surface area contributed by atoms with Crippen LogP contribution in [0.5, 0.6) is 0 Å². The Morgan fingerprint density at radius 2 is 1.71 bits per heavy atom. The molecule has 31 heavy (non-hydrogen) atoms. The number of carbonyl (C=O) groups excluding carboxylic acids is 2. The summed E-state index contributed by atoms with van der Waals surface area (Å²) in [6.07, 6.45) is 5.76. The van der Waals surface area contributed by atoms with Gasteiger partial charge in [0.05, 0.1) is 5.39 Å². The molecule has 0 fully saturated rings. The zero-order chi connectivity index (χ0) is 22.2. The van der Waals surface area contributed by atoms with Gasteiger partial charge in [0.25, 0.3) is 17.4 Å². The first-order valence-corrected chi connectivity index (χ1v) is 10.3. The Hall–Kier alpha value is -3.74. The van der Waals surface area contributed by atoms with Crippen LogP contribution in [0.25, 0.3) is 16.8 Å². The van der Waals surface area contributed by atoms with Crippen LogP contribution in [-0.2, 0) is 11.3 Å². The van der Waals surface area contributed by atoms with E-state index in [9.17, 15) is 14.4 Å². The number of aromatic nitrogens is 2. The van der Waals surface area contributed by atoms with Crippen molar-refractivity contribution in [3.8, 4) is 0 Å². The van der Waals surface area contributed by atoms with Gasteiger partial charge in [-0.05, 0) is 31.1 Å². The largest absolute Gasteiger partial charge is 0.290 e. The van der Waals surface area contributed by atoms with Crippen LogP contribution >= 0.6 is 0 Å². The molecule has 1 heterocycles. The van der Waals surface area contributed by atoms with Crippen LogP contribution < -0.4 is 16.4 Å². The van der Waals surface area contributed by atoms with Crippen LogP contribution in [0.3, 0.4) is 0 Å². The second-order valence-electron chi connectivity index (χ2n) is 7.32. The van der Waals surface area contributed by atoms with Crippen LogP contribution in [0.1, 0.15) is 47.8 Å². The second-order valence-corrected chi connectivity index (χ2v) is 7.32. The highest BCUT2D eigenvalue weighted by atomic mass is 16.2. The van der Waals surface area contributed by atoms with Gasteiger partial charge in [0.1, 0.15) is 0 Å². The fourth-order valence-electron chi connectivity index (χ4n) is 3.13. The third kappa shape index (κ3) is 5.66. The van der Waals surface area contributed by atoms with Crippen LogP contribution in [0.2, 0.25) is 0 Å². The standard InChI is InChI=1S/C24H26N4O3/c1-3-4-7-16-28-24(31)20-9-6-5-8-19(20)22(27-28)23(30)26-25-21(29)15-14-18-12-10-17(2)11-13-18/h5-6,8-15H,3-4,7,16H2,1-2H3,(H,25,29)(H,26,30)/b15-14+. The molecule has 0 saturated carbocycles. The molecule has 0 spiro atoms. The number of nitrogens with zero attached hydrogens (tertiary/aromatic N) is 2. The Balaban J connectivity index is 1.75. The molecule has 7 heteroatoms. The number of hydrazine groups is 1. The average Bonchev–Trinajstić information content (AvgIpc) is 2.79. The maximum atomic E-state index is 12.7. The van der Waals surface area contributed by atoms with E-state index in [-0.39, 0.29) is 11.3 Å². The van der Waals surface area contributed by atoms with Gasteiger partial charge >= 0.3 is 0 Å². The number of nitrogens with one attached hydrogen (secondary N) is 2. The number of fused-ring (bicyclic) bond motifs is 1. The Kier molecular flexibility index (Phi) is 7.32. The minimum absolute atomic E-state index is 0.0921. The molecular weight excluding hydrogens is 392 g/mol. The first-order chi connectivity index (χ1) is 15.0. The lowest BCUT2D eigenvalue weighted by Crippen LogP contribution is -2.42. The maximum absolute atomic E-state index is 12.7. The molecule has 160 valence electrons. The van der Waals surface area contributed by atoms with Crippen molar-refractivity contribution in [3.63, 3.8) is 0 Å². The van der Waals surface area contributed by atoms with Gasteiger partial charge in [0.15, 0.2) is 5.69 Å².